The highest BCUT2D eigenvalue weighted by molar-refractivity contribution is 5.94. The van der Waals surface area contributed by atoms with E-state index in [1.54, 1.807) is 30.3 Å². The van der Waals surface area contributed by atoms with Crippen LogP contribution < -0.4 is 10.6 Å². The third-order valence-corrected chi connectivity index (χ3v) is 5.02. The molecule has 29 heavy (non-hydrogen) atoms. The van der Waals surface area contributed by atoms with Gasteiger partial charge < -0.3 is 10.6 Å². The van der Waals surface area contributed by atoms with Gasteiger partial charge >= 0.3 is 0 Å². The molecule has 0 aromatic heterocycles. The maximum atomic E-state index is 13.3. The number of amides is 2. The molecule has 1 saturated heterocycles. The van der Waals surface area contributed by atoms with E-state index < -0.39 is 11.6 Å². The predicted molar refractivity (Wildman–Crippen MR) is 106 cm³/mol. The zero-order valence-electron chi connectivity index (χ0n) is 16.2. The molecule has 1 fully saturated rings. The molecule has 1 aliphatic rings. The first-order valence-corrected chi connectivity index (χ1v) is 9.80. The number of piperidine rings is 1. The molecule has 1 aliphatic heterocycles. The molecule has 0 spiro atoms. The number of carbonyl (C=O) groups excluding carboxylic acids is 2. The van der Waals surface area contributed by atoms with Gasteiger partial charge in [-0.3, -0.25) is 14.5 Å². The second kappa shape index (κ2) is 10.1. The Kier molecular flexibility index (Phi) is 7.30. The minimum atomic E-state index is -0.838. The highest BCUT2D eigenvalue weighted by atomic mass is 19.2. The zero-order chi connectivity index (χ0) is 20.6. The molecule has 0 atom stereocenters. The van der Waals surface area contributed by atoms with Crippen molar-refractivity contribution >= 4 is 11.8 Å². The van der Waals surface area contributed by atoms with Crippen molar-refractivity contribution in [3.05, 3.63) is 71.3 Å². The summed E-state index contributed by atoms with van der Waals surface area (Å²) in [5.74, 6) is -1.94. The summed E-state index contributed by atoms with van der Waals surface area (Å²) in [5.41, 5.74) is 1.31. The summed E-state index contributed by atoms with van der Waals surface area (Å²) >= 11 is 0. The predicted octanol–water partition coefficient (Wildman–Crippen LogP) is 2.87. The first-order valence-electron chi connectivity index (χ1n) is 9.80. The number of nitrogens with zero attached hydrogens (tertiary/aromatic N) is 1. The Balaban J connectivity index is 1.34. The van der Waals surface area contributed by atoms with E-state index in [0.29, 0.717) is 12.1 Å². The molecule has 0 aliphatic carbocycles. The van der Waals surface area contributed by atoms with Crippen LogP contribution >= 0.6 is 0 Å². The number of nitrogens with one attached hydrogen (secondary N) is 2. The molecule has 2 aromatic carbocycles. The van der Waals surface area contributed by atoms with Crippen LogP contribution in [0.1, 0.15) is 35.2 Å². The number of carbonyl (C=O) groups is 2. The summed E-state index contributed by atoms with van der Waals surface area (Å²) in [7, 11) is 0. The lowest BCUT2D eigenvalue weighted by Gasteiger charge is -2.32. The van der Waals surface area contributed by atoms with E-state index in [9.17, 15) is 18.4 Å². The van der Waals surface area contributed by atoms with Crippen LogP contribution in [0.3, 0.4) is 0 Å². The van der Waals surface area contributed by atoms with E-state index in [1.807, 2.05) is 6.07 Å². The van der Waals surface area contributed by atoms with Gasteiger partial charge in [0.2, 0.25) is 5.91 Å². The fraction of sp³-hybridized carbons (Fsp3) is 0.364. The molecule has 5 nitrogen and oxygen atoms in total. The second-order valence-corrected chi connectivity index (χ2v) is 7.24. The van der Waals surface area contributed by atoms with Gasteiger partial charge in [-0.2, -0.15) is 0 Å². The van der Waals surface area contributed by atoms with Gasteiger partial charge in [0.05, 0.1) is 0 Å². The Morgan fingerprint density at radius 1 is 1.00 bits per heavy atom. The number of hydrogen-bond donors (Lipinski definition) is 2. The molecule has 0 bridgehead atoms. The van der Waals surface area contributed by atoms with Gasteiger partial charge in [0.1, 0.15) is 0 Å². The van der Waals surface area contributed by atoms with Crippen LogP contribution in [-0.2, 0) is 11.3 Å². The Bertz CT molecular complexity index is 837. The van der Waals surface area contributed by atoms with Gasteiger partial charge in [-0.05, 0) is 42.7 Å². The van der Waals surface area contributed by atoms with Crippen molar-refractivity contribution in [1.82, 2.24) is 15.5 Å². The minimum Gasteiger partial charge on any atom is -0.353 e. The van der Waals surface area contributed by atoms with E-state index >= 15 is 0 Å². The molecule has 0 saturated carbocycles. The van der Waals surface area contributed by atoms with E-state index in [2.05, 4.69) is 15.5 Å². The van der Waals surface area contributed by atoms with Gasteiger partial charge in [0.25, 0.3) is 5.91 Å². The highest BCUT2D eigenvalue weighted by Crippen LogP contribution is 2.16. The van der Waals surface area contributed by atoms with Crippen molar-refractivity contribution in [2.75, 3.05) is 19.6 Å². The average molecular weight is 401 g/mol. The zero-order valence-corrected chi connectivity index (χ0v) is 16.2. The molecule has 1 heterocycles. The van der Waals surface area contributed by atoms with Crippen LogP contribution in [0.15, 0.2) is 48.5 Å². The lowest BCUT2D eigenvalue weighted by molar-refractivity contribution is -0.122. The van der Waals surface area contributed by atoms with Crippen molar-refractivity contribution in [3.8, 4) is 0 Å². The van der Waals surface area contributed by atoms with Crippen LogP contribution in [-0.4, -0.2) is 42.4 Å². The standard InChI is InChI=1S/C22H25F2N3O2/c23-19-7-6-16(14-20(19)24)15-27-12-9-18(10-13-27)26-21(28)8-11-25-22(29)17-4-2-1-3-5-17/h1-7,14,18H,8-13,15H2,(H,25,29)(H,26,28). The van der Waals surface area contributed by atoms with E-state index in [0.717, 1.165) is 37.6 Å². The largest absolute Gasteiger partial charge is 0.353 e. The van der Waals surface area contributed by atoms with Crippen molar-refractivity contribution < 1.29 is 18.4 Å². The molecule has 2 amide bonds. The van der Waals surface area contributed by atoms with Gasteiger partial charge in [-0.15, -0.1) is 0 Å². The van der Waals surface area contributed by atoms with Crippen LogP contribution in [0.2, 0.25) is 0 Å². The third kappa shape index (κ3) is 6.35. The van der Waals surface area contributed by atoms with Crippen molar-refractivity contribution in [2.45, 2.75) is 31.8 Å². The minimum absolute atomic E-state index is 0.0857. The maximum absolute atomic E-state index is 13.3. The van der Waals surface area contributed by atoms with Gasteiger partial charge in [0, 0.05) is 44.2 Å². The third-order valence-electron chi connectivity index (χ3n) is 5.02. The van der Waals surface area contributed by atoms with Gasteiger partial charge in [0.15, 0.2) is 11.6 Å². The lowest BCUT2D eigenvalue weighted by atomic mass is 10.0. The van der Waals surface area contributed by atoms with Crippen LogP contribution in [0.5, 0.6) is 0 Å². The normalized spacial score (nSPS) is 15.1. The van der Waals surface area contributed by atoms with Gasteiger partial charge in [-0.25, -0.2) is 8.78 Å². The molecule has 154 valence electrons. The quantitative estimate of drug-likeness (QED) is 0.750. The van der Waals surface area contributed by atoms with E-state index in [-0.39, 0.29) is 30.8 Å². The Labute approximate surface area is 169 Å². The molecule has 2 aromatic rings. The molecule has 0 radical (unpaired) electrons. The first kappa shape index (κ1) is 20.9. The van der Waals surface area contributed by atoms with E-state index in [1.165, 1.54) is 6.07 Å². The van der Waals surface area contributed by atoms with Crippen LogP contribution in [0.25, 0.3) is 0 Å². The highest BCUT2D eigenvalue weighted by Gasteiger charge is 2.21. The second-order valence-electron chi connectivity index (χ2n) is 7.24. The van der Waals surface area contributed by atoms with Crippen molar-refractivity contribution in [1.29, 1.82) is 0 Å². The topological polar surface area (TPSA) is 61.4 Å². The summed E-state index contributed by atoms with van der Waals surface area (Å²) in [6, 6.07) is 12.9. The maximum Gasteiger partial charge on any atom is 0.251 e. The SMILES string of the molecule is O=C(CCNC(=O)c1ccccc1)NC1CCN(Cc2ccc(F)c(F)c2)CC1. The lowest BCUT2D eigenvalue weighted by Crippen LogP contribution is -2.45. The molecule has 3 rings (SSSR count). The monoisotopic (exact) mass is 401 g/mol. The van der Waals surface area contributed by atoms with E-state index in [4.69, 9.17) is 0 Å². The fourth-order valence-electron chi connectivity index (χ4n) is 3.41. The molecule has 2 N–H and O–H groups in total. The first-order chi connectivity index (χ1) is 14.0. The summed E-state index contributed by atoms with van der Waals surface area (Å²) in [6.45, 7) is 2.39. The van der Waals surface area contributed by atoms with Crippen LogP contribution in [0, 0.1) is 11.6 Å². The summed E-state index contributed by atoms with van der Waals surface area (Å²) in [6.07, 6.45) is 1.82. The number of benzene rings is 2. The molecular formula is C22H25F2N3O2. The number of rotatable bonds is 7. The average Bonchev–Trinajstić information content (AvgIpc) is 2.73. The number of halogens is 2. The molecular weight excluding hydrogens is 376 g/mol. The smallest absolute Gasteiger partial charge is 0.251 e. The molecule has 7 heteroatoms. The van der Waals surface area contributed by atoms with Crippen molar-refractivity contribution in [2.24, 2.45) is 0 Å². The van der Waals surface area contributed by atoms with Crippen molar-refractivity contribution in [3.63, 3.8) is 0 Å². The summed E-state index contributed by atoms with van der Waals surface area (Å²) in [4.78, 5) is 26.2. The number of likely N-dealkylation sites (tertiary alicyclic amines) is 1. The Morgan fingerprint density at radius 2 is 1.72 bits per heavy atom. The number of hydrogen-bond acceptors (Lipinski definition) is 3. The Hall–Kier alpha value is -2.80. The summed E-state index contributed by atoms with van der Waals surface area (Å²) in [5, 5.41) is 5.75. The molecule has 0 unspecified atom stereocenters. The van der Waals surface area contributed by atoms with Gasteiger partial charge in [-0.1, -0.05) is 24.3 Å². The fourth-order valence-corrected chi connectivity index (χ4v) is 3.41. The van der Waals surface area contributed by atoms with Crippen LogP contribution in [0.4, 0.5) is 8.78 Å². The Morgan fingerprint density at radius 3 is 2.41 bits per heavy atom. The summed E-state index contributed by atoms with van der Waals surface area (Å²) < 4.78 is 26.3.